The quantitative estimate of drug-likeness (QED) is 0.886. The van der Waals surface area contributed by atoms with Crippen LogP contribution in [0.2, 0.25) is 0 Å². The van der Waals surface area contributed by atoms with Crippen molar-refractivity contribution >= 4 is 5.78 Å². The van der Waals surface area contributed by atoms with E-state index in [4.69, 9.17) is 9.47 Å². The van der Waals surface area contributed by atoms with Crippen molar-refractivity contribution in [3.8, 4) is 11.5 Å². The van der Waals surface area contributed by atoms with Crippen LogP contribution < -0.4 is 9.47 Å². The van der Waals surface area contributed by atoms with E-state index in [2.05, 4.69) is 0 Å². The molecule has 2 aromatic carbocycles. The maximum atomic E-state index is 12.1. The Morgan fingerprint density at radius 3 is 2.33 bits per heavy atom. The maximum absolute atomic E-state index is 12.1. The van der Waals surface area contributed by atoms with Crippen molar-refractivity contribution in [3.63, 3.8) is 0 Å². The van der Waals surface area contributed by atoms with Crippen LogP contribution in [-0.4, -0.2) is 25.1 Å². The van der Waals surface area contributed by atoms with E-state index in [0.29, 0.717) is 17.1 Å². The molecule has 0 amide bonds. The van der Waals surface area contributed by atoms with E-state index in [0.717, 1.165) is 5.56 Å². The fourth-order valence-corrected chi connectivity index (χ4v) is 2.11. The number of methoxy groups -OCH3 is 2. The number of benzene rings is 2. The number of aliphatic hydroxyl groups excluding tert-OH is 1. The van der Waals surface area contributed by atoms with E-state index in [1.54, 1.807) is 56.7 Å². The molecule has 1 unspecified atom stereocenters. The second-order valence-electron chi connectivity index (χ2n) is 4.65. The molecular formula is C17H18O4. The van der Waals surface area contributed by atoms with Crippen LogP contribution >= 0.6 is 0 Å². The first kappa shape index (κ1) is 15.1. The molecule has 2 rings (SSSR count). The highest BCUT2D eigenvalue weighted by atomic mass is 16.5. The summed E-state index contributed by atoms with van der Waals surface area (Å²) in [6.45, 7) is 0. The summed E-state index contributed by atoms with van der Waals surface area (Å²) in [6, 6.07) is 14.2. The topological polar surface area (TPSA) is 55.8 Å². The second-order valence-corrected chi connectivity index (χ2v) is 4.65. The summed E-state index contributed by atoms with van der Waals surface area (Å²) in [4.78, 5) is 12.1. The minimum Gasteiger partial charge on any atom is -0.493 e. The van der Waals surface area contributed by atoms with Crippen LogP contribution in [0, 0.1) is 0 Å². The molecule has 0 spiro atoms. The second kappa shape index (κ2) is 6.90. The van der Waals surface area contributed by atoms with E-state index in [1.165, 1.54) is 0 Å². The highest BCUT2D eigenvalue weighted by Crippen LogP contribution is 2.28. The molecule has 0 aliphatic carbocycles. The lowest BCUT2D eigenvalue weighted by atomic mass is 10.00. The summed E-state index contributed by atoms with van der Waals surface area (Å²) >= 11 is 0. The number of hydrogen-bond acceptors (Lipinski definition) is 4. The lowest BCUT2D eigenvalue weighted by Gasteiger charge is -2.12. The molecule has 0 aliphatic rings. The third-order valence-electron chi connectivity index (χ3n) is 3.25. The van der Waals surface area contributed by atoms with E-state index < -0.39 is 6.10 Å². The highest BCUT2D eigenvalue weighted by molar-refractivity contribution is 5.86. The summed E-state index contributed by atoms with van der Waals surface area (Å²) < 4.78 is 10.4. The number of carbonyl (C=O) groups is 1. The summed E-state index contributed by atoms with van der Waals surface area (Å²) in [6.07, 6.45) is -0.976. The molecule has 21 heavy (non-hydrogen) atoms. The molecular weight excluding hydrogens is 268 g/mol. The van der Waals surface area contributed by atoms with Crippen molar-refractivity contribution in [2.45, 2.75) is 12.5 Å². The maximum Gasteiger partial charge on any atom is 0.170 e. The Morgan fingerprint density at radius 1 is 1.05 bits per heavy atom. The molecule has 0 bridgehead atoms. The molecule has 0 saturated heterocycles. The predicted octanol–water partition coefficient (Wildman–Crippen LogP) is 2.55. The van der Waals surface area contributed by atoms with Crippen molar-refractivity contribution in [1.29, 1.82) is 0 Å². The Morgan fingerprint density at radius 2 is 1.71 bits per heavy atom. The fraction of sp³-hybridized carbons (Fsp3) is 0.235. The number of rotatable bonds is 6. The van der Waals surface area contributed by atoms with Crippen LogP contribution in [0.25, 0.3) is 0 Å². The standard InChI is InChI=1S/C17H18O4/c1-20-15-9-8-12(11-16(15)21-2)10-14(18)17(19)13-6-4-3-5-7-13/h3-9,11,17,19H,10H2,1-2H3. The molecule has 110 valence electrons. The van der Waals surface area contributed by atoms with Gasteiger partial charge in [0, 0.05) is 6.42 Å². The van der Waals surface area contributed by atoms with Gasteiger partial charge in [0.15, 0.2) is 17.3 Å². The summed E-state index contributed by atoms with van der Waals surface area (Å²) in [5.74, 6) is 0.919. The number of ether oxygens (including phenoxy) is 2. The molecule has 0 radical (unpaired) electrons. The molecule has 0 heterocycles. The van der Waals surface area contributed by atoms with Crippen molar-refractivity contribution in [2.24, 2.45) is 0 Å². The minimum atomic E-state index is -1.11. The zero-order chi connectivity index (χ0) is 15.2. The molecule has 0 aromatic heterocycles. The van der Waals surface area contributed by atoms with Crippen molar-refractivity contribution < 1.29 is 19.4 Å². The van der Waals surface area contributed by atoms with Gasteiger partial charge >= 0.3 is 0 Å². The Labute approximate surface area is 123 Å². The Bertz CT molecular complexity index is 607. The van der Waals surface area contributed by atoms with Crippen molar-refractivity contribution in [3.05, 3.63) is 59.7 Å². The zero-order valence-corrected chi connectivity index (χ0v) is 12.1. The molecule has 1 atom stereocenters. The smallest absolute Gasteiger partial charge is 0.170 e. The van der Waals surface area contributed by atoms with Crippen LogP contribution in [0.1, 0.15) is 17.2 Å². The van der Waals surface area contributed by atoms with Crippen LogP contribution in [0.15, 0.2) is 48.5 Å². The third kappa shape index (κ3) is 3.61. The van der Waals surface area contributed by atoms with E-state index >= 15 is 0 Å². The monoisotopic (exact) mass is 286 g/mol. The van der Waals surface area contributed by atoms with Crippen LogP contribution in [0.5, 0.6) is 11.5 Å². The van der Waals surface area contributed by atoms with Crippen molar-refractivity contribution in [2.75, 3.05) is 14.2 Å². The Kier molecular flexibility index (Phi) is 4.95. The van der Waals surface area contributed by atoms with E-state index in [9.17, 15) is 9.90 Å². The minimum absolute atomic E-state index is 0.135. The molecule has 0 fully saturated rings. The Balaban J connectivity index is 2.12. The van der Waals surface area contributed by atoms with Gasteiger partial charge in [0.2, 0.25) is 0 Å². The van der Waals surface area contributed by atoms with Crippen LogP contribution in [0.4, 0.5) is 0 Å². The predicted molar refractivity (Wildman–Crippen MR) is 79.7 cm³/mol. The van der Waals surface area contributed by atoms with Gasteiger partial charge in [-0.2, -0.15) is 0 Å². The lowest BCUT2D eigenvalue weighted by Crippen LogP contribution is -2.14. The summed E-state index contributed by atoms with van der Waals surface area (Å²) in [5, 5.41) is 10.1. The number of carbonyl (C=O) groups excluding carboxylic acids is 1. The van der Waals surface area contributed by atoms with Gasteiger partial charge in [0.1, 0.15) is 6.10 Å². The summed E-state index contributed by atoms with van der Waals surface area (Å²) in [5.41, 5.74) is 1.37. The molecule has 4 nitrogen and oxygen atoms in total. The first-order chi connectivity index (χ1) is 10.2. The number of aliphatic hydroxyl groups is 1. The average Bonchev–Trinajstić information content (AvgIpc) is 2.54. The number of hydrogen-bond donors (Lipinski definition) is 1. The highest BCUT2D eigenvalue weighted by Gasteiger charge is 2.18. The molecule has 1 N–H and O–H groups in total. The van der Waals surface area contributed by atoms with E-state index in [-0.39, 0.29) is 12.2 Å². The van der Waals surface area contributed by atoms with Crippen LogP contribution in [0.3, 0.4) is 0 Å². The first-order valence-electron chi connectivity index (χ1n) is 6.62. The van der Waals surface area contributed by atoms with E-state index in [1.807, 2.05) is 6.07 Å². The van der Waals surface area contributed by atoms with Gasteiger partial charge in [-0.25, -0.2) is 0 Å². The van der Waals surface area contributed by atoms with Gasteiger partial charge in [-0.05, 0) is 23.3 Å². The number of ketones is 1. The van der Waals surface area contributed by atoms with Crippen LogP contribution in [-0.2, 0) is 11.2 Å². The summed E-state index contributed by atoms with van der Waals surface area (Å²) in [7, 11) is 3.10. The zero-order valence-electron chi connectivity index (χ0n) is 12.1. The number of Topliss-reactive ketones (excluding diaryl/α,β-unsaturated/α-hetero) is 1. The van der Waals surface area contributed by atoms with Gasteiger partial charge < -0.3 is 14.6 Å². The Hall–Kier alpha value is -2.33. The van der Waals surface area contributed by atoms with Gasteiger partial charge in [0.25, 0.3) is 0 Å². The third-order valence-corrected chi connectivity index (χ3v) is 3.25. The van der Waals surface area contributed by atoms with Crippen molar-refractivity contribution in [1.82, 2.24) is 0 Å². The largest absolute Gasteiger partial charge is 0.493 e. The van der Waals surface area contributed by atoms with Gasteiger partial charge in [-0.15, -0.1) is 0 Å². The average molecular weight is 286 g/mol. The molecule has 0 saturated carbocycles. The molecule has 2 aromatic rings. The SMILES string of the molecule is COc1ccc(CC(=O)C(O)c2ccccc2)cc1OC. The van der Waals surface area contributed by atoms with Gasteiger partial charge in [-0.3, -0.25) is 4.79 Å². The molecule has 0 aliphatic heterocycles. The molecule has 4 heteroatoms. The fourth-order valence-electron chi connectivity index (χ4n) is 2.11. The van der Waals surface area contributed by atoms with Gasteiger partial charge in [-0.1, -0.05) is 36.4 Å². The first-order valence-corrected chi connectivity index (χ1v) is 6.62. The van der Waals surface area contributed by atoms with Gasteiger partial charge in [0.05, 0.1) is 14.2 Å². The lowest BCUT2D eigenvalue weighted by molar-refractivity contribution is -0.126. The normalized spacial score (nSPS) is 11.8.